The van der Waals surface area contributed by atoms with Crippen LogP contribution in [0.2, 0.25) is 0 Å². The van der Waals surface area contributed by atoms with E-state index in [0.717, 1.165) is 23.3 Å². The zero-order valence-electron chi connectivity index (χ0n) is 12.1. The minimum atomic E-state index is -0.295. The van der Waals surface area contributed by atoms with Crippen LogP contribution < -0.4 is 4.74 Å². The van der Waals surface area contributed by atoms with Crippen molar-refractivity contribution in [3.05, 3.63) is 29.3 Å². The van der Waals surface area contributed by atoms with Gasteiger partial charge in [-0.05, 0) is 32.8 Å². The molecule has 0 amide bonds. The summed E-state index contributed by atoms with van der Waals surface area (Å²) in [5, 5.41) is 0. The average molecular weight is 287 g/mol. The number of esters is 1. The van der Waals surface area contributed by atoms with E-state index in [-0.39, 0.29) is 24.3 Å². The lowest BCUT2D eigenvalue weighted by Gasteiger charge is -2.17. The van der Waals surface area contributed by atoms with Crippen molar-refractivity contribution < 1.29 is 14.3 Å². The normalized spacial score (nSPS) is 11.4. The van der Waals surface area contributed by atoms with E-state index in [0.29, 0.717) is 13.2 Å². The second-order valence-electron chi connectivity index (χ2n) is 4.32. The van der Waals surface area contributed by atoms with E-state index in [1.165, 1.54) is 0 Å². The Hall–Kier alpha value is -1.22. The predicted molar refractivity (Wildman–Crippen MR) is 79.3 cm³/mol. The van der Waals surface area contributed by atoms with Gasteiger partial charge in [0.05, 0.1) is 19.1 Å². The molecule has 0 saturated carbocycles. The monoisotopic (exact) mass is 286 g/mol. The summed E-state index contributed by atoms with van der Waals surface area (Å²) < 4.78 is 10.8. The summed E-state index contributed by atoms with van der Waals surface area (Å²) in [6.07, 6.45) is 0.946. The van der Waals surface area contributed by atoms with E-state index in [9.17, 15) is 4.79 Å². The van der Waals surface area contributed by atoms with Gasteiger partial charge in [0.1, 0.15) is 5.75 Å². The molecule has 0 aliphatic heterocycles. The molecule has 3 nitrogen and oxygen atoms in total. The molecule has 0 aliphatic rings. The van der Waals surface area contributed by atoms with Gasteiger partial charge in [-0.3, -0.25) is 4.79 Å². The maximum absolute atomic E-state index is 11.8. The van der Waals surface area contributed by atoms with Crippen molar-refractivity contribution in [1.29, 1.82) is 0 Å². The quantitative estimate of drug-likeness (QED) is 0.745. The Kier molecular flexibility index (Phi) is 8.24. The predicted octanol–water partition coefficient (Wildman–Crippen LogP) is 3.87. The summed E-state index contributed by atoms with van der Waals surface area (Å²) in [6.45, 7) is 8.79. The fourth-order valence-corrected chi connectivity index (χ4v) is 1.81. The van der Waals surface area contributed by atoms with Gasteiger partial charge in [-0.25, -0.2) is 0 Å². The Morgan fingerprint density at radius 2 is 2.00 bits per heavy atom. The molecule has 19 heavy (non-hydrogen) atoms. The largest absolute Gasteiger partial charge is 0.493 e. The molecule has 0 spiro atoms. The summed E-state index contributed by atoms with van der Waals surface area (Å²) in [7, 11) is 0. The first-order chi connectivity index (χ1) is 8.61. The molecule has 0 N–H and O–H groups in total. The molecule has 4 heteroatoms. The van der Waals surface area contributed by atoms with Gasteiger partial charge in [0.15, 0.2) is 0 Å². The number of ether oxygens (including phenoxy) is 2. The number of hydrogen-bond donors (Lipinski definition) is 0. The van der Waals surface area contributed by atoms with E-state index >= 15 is 0 Å². The topological polar surface area (TPSA) is 35.5 Å². The fraction of sp³-hybridized carbons (Fsp3) is 0.533. The highest BCUT2D eigenvalue weighted by molar-refractivity contribution is 5.85. The van der Waals surface area contributed by atoms with Crippen LogP contribution in [0.25, 0.3) is 0 Å². The van der Waals surface area contributed by atoms with Crippen LogP contribution in [0, 0.1) is 6.92 Å². The van der Waals surface area contributed by atoms with Crippen LogP contribution in [0.1, 0.15) is 44.2 Å². The number of carbonyl (C=O) groups is 1. The van der Waals surface area contributed by atoms with E-state index < -0.39 is 0 Å². The van der Waals surface area contributed by atoms with Gasteiger partial charge in [-0.2, -0.15) is 0 Å². The summed E-state index contributed by atoms with van der Waals surface area (Å²) in [6, 6.07) is 5.87. The first kappa shape index (κ1) is 17.8. The van der Waals surface area contributed by atoms with Gasteiger partial charge < -0.3 is 9.47 Å². The second kappa shape index (κ2) is 8.81. The molecule has 1 rings (SSSR count). The lowest BCUT2D eigenvalue weighted by Crippen LogP contribution is -2.14. The zero-order chi connectivity index (χ0) is 13.5. The first-order valence-electron chi connectivity index (χ1n) is 6.50. The summed E-state index contributed by atoms with van der Waals surface area (Å²) in [5.41, 5.74) is 1.96. The average Bonchev–Trinajstić information content (AvgIpc) is 2.36. The lowest BCUT2D eigenvalue weighted by atomic mass is 9.98. The molecular weight excluding hydrogens is 264 g/mol. The van der Waals surface area contributed by atoms with Crippen molar-refractivity contribution in [2.24, 2.45) is 0 Å². The van der Waals surface area contributed by atoms with E-state index in [1.54, 1.807) is 0 Å². The van der Waals surface area contributed by atoms with Crippen molar-refractivity contribution in [2.75, 3.05) is 13.2 Å². The van der Waals surface area contributed by atoms with E-state index in [4.69, 9.17) is 9.47 Å². The molecule has 0 saturated heterocycles. The molecular formula is C15H23ClO3. The molecule has 1 unspecified atom stereocenters. The summed E-state index contributed by atoms with van der Waals surface area (Å²) >= 11 is 0. The van der Waals surface area contributed by atoms with Gasteiger partial charge in [0.2, 0.25) is 0 Å². The van der Waals surface area contributed by atoms with Crippen molar-refractivity contribution in [3.63, 3.8) is 0 Å². The summed E-state index contributed by atoms with van der Waals surface area (Å²) in [5.74, 6) is 0.320. The maximum Gasteiger partial charge on any atom is 0.313 e. The molecule has 0 aliphatic carbocycles. The number of rotatable bonds is 6. The highest BCUT2D eigenvalue weighted by Gasteiger charge is 2.21. The Morgan fingerprint density at radius 1 is 1.32 bits per heavy atom. The van der Waals surface area contributed by atoms with Crippen LogP contribution in [-0.4, -0.2) is 19.2 Å². The molecule has 0 radical (unpaired) electrons. The maximum atomic E-state index is 11.8. The van der Waals surface area contributed by atoms with Gasteiger partial charge in [-0.15, -0.1) is 12.4 Å². The third-order valence-corrected chi connectivity index (χ3v) is 2.80. The number of para-hydroxylation sites is 1. The standard InChI is InChI=1S/C15H22O3.ClH/c1-5-10-18-14-11(3)8-7-9-13(14)12(4)15(16)17-6-2;/h7-9,12H,5-6,10H2,1-4H3;1H. The molecule has 0 aromatic heterocycles. The number of aryl methyl sites for hydroxylation is 1. The van der Waals surface area contributed by atoms with Crippen molar-refractivity contribution in [1.82, 2.24) is 0 Å². The van der Waals surface area contributed by atoms with Crippen LogP contribution in [0.5, 0.6) is 5.75 Å². The van der Waals surface area contributed by atoms with E-state index in [1.807, 2.05) is 39.0 Å². The minimum absolute atomic E-state index is 0. The highest BCUT2D eigenvalue weighted by Crippen LogP contribution is 2.30. The van der Waals surface area contributed by atoms with E-state index in [2.05, 4.69) is 6.92 Å². The lowest BCUT2D eigenvalue weighted by molar-refractivity contribution is -0.144. The smallest absolute Gasteiger partial charge is 0.313 e. The van der Waals surface area contributed by atoms with Crippen molar-refractivity contribution >= 4 is 18.4 Å². The van der Waals surface area contributed by atoms with Gasteiger partial charge >= 0.3 is 5.97 Å². The molecule has 1 atom stereocenters. The molecule has 0 fully saturated rings. The third kappa shape index (κ3) is 4.75. The number of carbonyl (C=O) groups excluding carboxylic acids is 1. The van der Waals surface area contributed by atoms with Crippen molar-refractivity contribution in [3.8, 4) is 5.75 Å². The minimum Gasteiger partial charge on any atom is -0.493 e. The summed E-state index contributed by atoms with van der Waals surface area (Å²) in [4.78, 5) is 11.8. The van der Waals surface area contributed by atoms with Crippen LogP contribution in [0.15, 0.2) is 18.2 Å². The SMILES string of the molecule is CCCOc1c(C)cccc1C(C)C(=O)OCC.Cl. The molecule has 1 aromatic rings. The third-order valence-electron chi connectivity index (χ3n) is 2.80. The van der Waals surface area contributed by atoms with Crippen molar-refractivity contribution in [2.45, 2.75) is 40.0 Å². The highest BCUT2D eigenvalue weighted by atomic mass is 35.5. The number of benzene rings is 1. The molecule has 0 bridgehead atoms. The first-order valence-corrected chi connectivity index (χ1v) is 6.50. The number of hydrogen-bond acceptors (Lipinski definition) is 3. The second-order valence-corrected chi connectivity index (χ2v) is 4.32. The fourth-order valence-electron chi connectivity index (χ4n) is 1.81. The number of halogens is 1. The zero-order valence-corrected chi connectivity index (χ0v) is 12.9. The van der Waals surface area contributed by atoms with Crippen LogP contribution in [-0.2, 0) is 9.53 Å². The van der Waals surface area contributed by atoms with Crippen LogP contribution in [0.3, 0.4) is 0 Å². The molecule has 108 valence electrons. The van der Waals surface area contributed by atoms with Crippen LogP contribution >= 0.6 is 12.4 Å². The Bertz CT molecular complexity index is 404. The van der Waals surface area contributed by atoms with Gasteiger partial charge in [-0.1, -0.05) is 25.1 Å². The molecule has 1 aromatic carbocycles. The van der Waals surface area contributed by atoms with Gasteiger partial charge in [0, 0.05) is 5.56 Å². The Balaban J connectivity index is 0.00000324. The van der Waals surface area contributed by atoms with Crippen LogP contribution in [0.4, 0.5) is 0 Å². The Labute approximate surface area is 121 Å². The van der Waals surface area contributed by atoms with Gasteiger partial charge in [0.25, 0.3) is 0 Å². The molecule has 0 heterocycles. The Morgan fingerprint density at radius 3 is 2.58 bits per heavy atom.